The number of hydrogen-bond acceptors (Lipinski definition) is 4. The molecule has 16 heavy (non-hydrogen) atoms. The predicted octanol–water partition coefficient (Wildman–Crippen LogP) is -0.441. The standard InChI is InChI=1S/C11H23N3O2/c1-4-9-7-16-8(2)5-14(9)6-10(13-3)11(12)15/h8-10,13H,4-7H2,1-3H3,(H2,12,15). The summed E-state index contributed by atoms with van der Waals surface area (Å²) in [5, 5.41) is 2.95. The Hall–Kier alpha value is -0.650. The highest BCUT2D eigenvalue weighted by Gasteiger charge is 2.28. The summed E-state index contributed by atoms with van der Waals surface area (Å²) in [6, 6.07) is 0.116. The van der Waals surface area contributed by atoms with Crippen molar-refractivity contribution in [3.63, 3.8) is 0 Å². The average Bonchev–Trinajstić information content (AvgIpc) is 2.25. The molecule has 1 aliphatic heterocycles. The summed E-state index contributed by atoms with van der Waals surface area (Å²) in [6.07, 6.45) is 1.26. The number of hydrogen-bond donors (Lipinski definition) is 2. The Morgan fingerprint density at radius 1 is 1.69 bits per heavy atom. The Balaban J connectivity index is 2.57. The topological polar surface area (TPSA) is 67.6 Å². The van der Waals surface area contributed by atoms with E-state index in [1.165, 1.54) is 0 Å². The number of carbonyl (C=O) groups excluding carboxylic acids is 1. The summed E-state index contributed by atoms with van der Waals surface area (Å²) in [4.78, 5) is 13.5. The van der Waals surface area contributed by atoms with Crippen molar-refractivity contribution in [2.24, 2.45) is 5.73 Å². The first-order valence-electron chi connectivity index (χ1n) is 5.90. The van der Waals surface area contributed by atoms with Crippen LogP contribution in [0.2, 0.25) is 0 Å². The van der Waals surface area contributed by atoms with Gasteiger partial charge in [-0.2, -0.15) is 0 Å². The molecule has 3 atom stereocenters. The van der Waals surface area contributed by atoms with Crippen LogP contribution in [0.5, 0.6) is 0 Å². The number of likely N-dealkylation sites (N-methyl/N-ethyl adjacent to an activating group) is 1. The lowest BCUT2D eigenvalue weighted by atomic mass is 10.1. The highest BCUT2D eigenvalue weighted by atomic mass is 16.5. The molecule has 1 saturated heterocycles. The molecule has 0 saturated carbocycles. The molecule has 0 aliphatic carbocycles. The second-order valence-electron chi connectivity index (χ2n) is 4.40. The number of primary amides is 1. The molecule has 0 aromatic carbocycles. The van der Waals surface area contributed by atoms with Crippen LogP contribution < -0.4 is 11.1 Å². The molecule has 1 rings (SSSR count). The molecule has 0 bridgehead atoms. The van der Waals surface area contributed by atoms with Crippen molar-refractivity contribution in [3.8, 4) is 0 Å². The van der Waals surface area contributed by atoms with E-state index in [2.05, 4.69) is 24.1 Å². The zero-order chi connectivity index (χ0) is 12.1. The van der Waals surface area contributed by atoms with E-state index < -0.39 is 0 Å². The van der Waals surface area contributed by atoms with Gasteiger partial charge in [0.1, 0.15) is 0 Å². The molecule has 5 heteroatoms. The van der Waals surface area contributed by atoms with Crippen molar-refractivity contribution >= 4 is 5.91 Å². The third kappa shape index (κ3) is 3.43. The molecule has 1 fully saturated rings. The predicted molar refractivity (Wildman–Crippen MR) is 63.1 cm³/mol. The summed E-state index contributed by atoms with van der Waals surface area (Å²) >= 11 is 0. The van der Waals surface area contributed by atoms with Gasteiger partial charge < -0.3 is 15.8 Å². The quantitative estimate of drug-likeness (QED) is 0.670. The zero-order valence-corrected chi connectivity index (χ0v) is 10.4. The van der Waals surface area contributed by atoms with Crippen LogP contribution in [0.25, 0.3) is 0 Å². The van der Waals surface area contributed by atoms with E-state index in [1.807, 2.05) is 0 Å². The first kappa shape index (κ1) is 13.4. The van der Waals surface area contributed by atoms with E-state index in [9.17, 15) is 4.79 Å². The average molecular weight is 229 g/mol. The number of nitrogens with one attached hydrogen (secondary N) is 1. The van der Waals surface area contributed by atoms with Crippen LogP contribution in [-0.4, -0.2) is 55.7 Å². The van der Waals surface area contributed by atoms with Gasteiger partial charge in [-0.1, -0.05) is 6.92 Å². The molecule has 3 unspecified atom stereocenters. The maximum atomic E-state index is 11.2. The van der Waals surface area contributed by atoms with Gasteiger partial charge in [0.05, 0.1) is 18.8 Å². The molecule has 94 valence electrons. The van der Waals surface area contributed by atoms with Crippen LogP contribution >= 0.6 is 0 Å². The monoisotopic (exact) mass is 229 g/mol. The minimum atomic E-state index is -0.295. The number of ether oxygens (including phenoxy) is 1. The Morgan fingerprint density at radius 3 is 2.88 bits per heavy atom. The van der Waals surface area contributed by atoms with Gasteiger partial charge in [-0.3, -0.25) is 9.69 Å². The van der Waals surface area contributed by atoms with Gasteiger partial charge in [-0.05, 0) is 20.4 Å². The normalized spacial score (nSPS) is 28.9. The zero-order valence-electron chi connectivity index (χ0n) is 10.4. The molecule has 0 spiro atoms. The van der Waals surface area contributed by atoms with E-state index in [0.717, 1.165) is 19.6 Å². The highest BCUT2D eigenvalue weighted by molar-refractivity contribution is 5.80. The molecular weight excluding hydrogens is 206 g/mol. The fourth-order valence-corrected chi connectivity index (χ4v) is 2.07. The molecule has 1 aliphatic rings. The third-order valence-electron chi connectivity index (χ3n) is 3.16. The molecule has 1 heterocycles. The van der Waals surface area contributed by atoms with Crippen molar-refractivity contribution in [1.82, 2.24) is 10.2 Å². The maximum Gasteiger partial charge on any atom is 0.235 e. The number of nitrogens with two attached hydrogens (primary N) is 1. The van der Waals surface area contributed by atoms with E-state index in [1.54, 1.807) is 7.05 Å². The number of rotatable bonds is 5. The van der Waals surface area contributed by atoms with Crippen LogP contribution in [0.1, 0.15) is 20.3 Å². The first-order valence-corrected chi connectivity index (χ1v) is 5.90. The SMILES string of the molecule is CCC1COC(C)CN1CC(NC)C(N)=O. The third-order valence-corrected chi connectivity index (χ3v) is 3.16. The van der Waals surface area contributed by atoms with Crippen molar-refractivity contribution in [2.75, 3.05) is 26.7 Å². The molecule has 5 nitrogen and oxygen atoms in total. The van der Waals surface area contributed by atoms with Gasteiger partial charge in [-0.15, -0.1) is 0 Å². The number of amides is 1. The largest absolute Gasteiger partial charge is 0.376 e. The fraction of sp³-hybridized carbons (Fsp3) is 0.909. The van der Waals surface area contributed by atoms with Crippen LogP contribution in [-0.2, 0) is 9.53 Å². The summed E-state index contributed by atoms with van der Waals surface area (Å²) in [5.74, 6) is -0.295. The summed E-state index contributed by atoms with van der Waals surface area (Å²) in [7, 11) is 1.76. The summed E-state index contributed by atoms with van der Waals surface area (Å²) < 4.78 is 5.61. The van der Waals surface area contributed by atoms with Crippen molar-refractivity contribution < 1.29 is 9.53 Å². The minimum Gasteiger partial charge on any atom is -0.376 e. The van der Waals surface area contributed by atoms with E-state index in [4.69, 9.17) is 10.5 Å². The Morgan fingerprint density at radius 2 is 2.38 bits per heavy atom. The minimum absolute atomic E-state index is 0.230. The van der Waals surface area contributed by atoms with Gasteiger partial charge in [-0.25, -0.2) is 0 Å². The molecule has 1 amide bonds. The number of carbonyl (C=O) groups is 1. The second-order valence-corrected chi connectivity index (χ2v) is 4.40. The van der Waals surface area contributed by atoms with Crippen LogP contribution in [0.4, 0.5) is 0 Å². The van der Waals surface area contributed by atoms with Gasteiger partial charge in [0.15, 0.2) is 0 Å². The van der Waals surface area contributed by atoms with Gasteiger partial charge in [0.25, 0.3) is 0 Å². The van der Waals surface area contributed by atoms with Gasteiger partial charge >= 0.3 is 0 Å². The molecular formula is C11H23N3O2. The molecule has 0 aromatic heterocycles. The van der Waals surface area contributed by atoms with Crippen LogP contribution in [0, 0.1) is 0 Å². The summed E-state index contributed by atoms with van der Waals surface area (Å²) in [5.41, 5.74) is 5.33. The van der Waals surface area contributed by atoms with Crippen LogP contribution in [0.15, 0.2) is 0 Å². The van der Waals surface area contributed by atoms with E-state index >= 15 is 0 Å². The van der Waals surface area contributed by atoms with Crippen molar-refractivity contribution in [2.45, 2.75) is 38.5 Å². The van der Waals surface area contributed by atoms with E-state index in [0.29, 0.717) is 12.6 Å². The van der Waals surface area contributed by atoms with Crippen molar-refractivity contribution in [1.29, 1.82) is 0 Å². The van der Waals surface area contributed by atoms with Gasteiger partial charge in [0.2, 0.25) is 5.91 Å². The summed E-state index contributed by atoms with van der Waals surface area (Å²) in [6.45, 7) is 6.46. The lowest BCUT2D eigenvalue weighted by molar-refractivity contribution is -0.121. The van der Waals surface area contributed by atoms with Crippen molar-refractivity contribution in [3.05, 3.63) is 0 Å². The van der Waals surface area contributed by atoms with Gasteiger partial charge in [0, 0.05) is 19.1 Å². The fourth-order valence-electron chi connectivity index (χ4n) is 2.07. The number of nitrogens with zero attached hydrogens (tertiary/aromatic N) is 1. The number of morpholine rings is 1. The smallest absolute Gasteiger partial charge is 0.235 e. The Bertz CT molecular complexity index is 235. The highest BCUT2D eigenvalue weighted by Crippen LogP contribution is 2.14. The molecule has 0 aromatic rings. The lowest BCUT2D eigenvalue weighted by Crippen LogP contribution is -2.55. The lowest BCUT2D eigenvalue weighted by Gasteiger charge is -2.39. The Labute approximate surface area is 97.3 Å². The molecule has 3 N–H and O–H groups in total. The Kier molecular flexibility index (Phi) is 5.18. The maximum absolute atomic E-state index is 11.2. The first-order chi connectivity index (χ1) is 7.58. The second kappa shape index (κ2) is 6.18. The van der Waals surface area contributed by atoms with E-state index in [-0.39, 0.29) is 18.1 Å². The molecule has 0 radical (unpaired) electrons. The van der Waals surface area contributed by atoms with Crippen LogP contribution in [0.3, 0.4) is 0 Å².